The predicted octanol–water partition coefficient (Wildman–Crippen LogP) is 3.07. The van der Waals surface area contributed by atoms with Crippen LogP contribution in [0.4, 0.5) is 5.82 Å². The molecule has 0 bridgehead atoms. The van der Waals surface area contributed by atoms with Crippen LogP contribution in [0.1, 0.15) is 21.6 Å². The Morgan fingerprint density at radius 1 is 1.16 bits per heavy atom. The monoisotopic (exact) mass is 465 g/mol. The molecule has 0 fully saturated rings. The van der Waals surface area contributed by atoms with Crippen molar-refractivity contribution in [1.82, 2.24) is 20.9 Å². The van der Waals surface area contributed by atoms with Crippen LogP contribution >= 0.6 is 23.2 Å². The van der Waals surface area contributed by atoms with Crippen LogP contribution in [0, 0.1) is 0 Å². The van der Waals surface area contributed by atoms with Gasteiger partial charge in [-0.25, -0.2) is 4.63 Å². The van der Waals surface area contributed by atoms with Gasteiger partial charge in [0.25, 0.3) is 5.91 Å². The second-order valence-corrected chi connectivity index (χ2v) is 7.25. The lowest BCUT2D eigenvalue weighted by molar-refractivity contribution is 0.0944. The van der Waals surface area contributed by atoms with Crippen molar-refractivity contribution in [2.45, 2.75) is 13.2 Å². The molecule has 0 radical (unpaired) electrons. The smallest absolute Gasteiger partial charge is 0.277 e. The molecule has 164 valence electrons. The van der Waals surface area contributed by atoms with Gasteiger partial charge in [-0.1, -0.05) is 41.4 Å². The summed E-state index contributed by atoms with van der Waals surface area (Å²) in [5.74, 6) is 0.705. The predicted molar refractivity (Wildman–Crippen MR) is 117 cm³/mol. The standard InChI is InChI=1S/C20H21Cl2N5O4/c1-29-16-4-2-3-12(18(16)30-11-13-5-6-14(21)9-15(13)22)10-24-7-8-25-20(28)17-19(23)27-31-26-17/h2-6,9,24H,7-8,10-11H2,1H3,(H2,23,27)(H,25,28). The number of anilines is 1. The van der Waals surface area contributed by atoms with Crippen LogP contribution in [-0.2, 0) is 13.2 Å². The molecule has 1 aromatic heterocycles. The molecule has 0 aliphatic carbocycles. The Morgan fingerprint density at radius 2 is 2.00 bits per heavy atom. The lowest BCUT2D eigenvalue weighted by Gasteiger charge is -2.16. The highest BCUT2D eigenvalue weighted by Gasteiger charge is 2.15. The van der Waals surface area contributed by atoms with E-state index in [-0.39, 0.29) is 18.1 Å². The summed E-state index contributed by atoms with van der Waals surface area (Å²) in [6.07, 6.45) is 0. The minimum absolute atomic E-state index is 0.0376. The Labute approximate surface area is 188 Å². The van der Waals surface area contributed by atoms with E-state index in [0.29, 0.717) is 41.2 Å². The Morgan fingerprint density at radius 3 is 2.71 bits per heavy atom. The molecular formula is C20H21Cl2N5O4. The fraction of sp³-hybridized carbons (Fsp3) is 0.250. The number of methoxy groups -OCH3 is 1. The molecule has 0 spiro atoms. The van der Waals surface area contributed by atoms with Crippen molar-refractivity contribution >= 4 is 34.9 Å². The molecule has 1 heterocycles. The van der Waals surface area contributed by atoms with Crippen molar-refractivity contribution in [1.29, 1.82) is 0 Å². The zero-order valence-corrected chi connectivity index (χ0v) is 18.2. The number of nitrogen functional groups attached to an aromatic ring is 1. The van der Waals surface area contributed by atoms with E-state index in [9.17, 15) is 4.79 Å². The molecule has 3 rings (SSSR count). The number of benzene rings is 2. The summed E-state index contributed by atoms with van der Waals surface area (Å²) in [4.78, 5) is 11.9. The zero-order valence-electron chi connectivity index (χ0n) is 16.7. The number of nitrogens with one attached hydrogen (secondary N) is 2. The van der Waals surface area contributed by atoms with Crippen LogP contribution in [0.5, 0.6) is 11.5 Å². The molecule has 0 unspecified atom stereocenters. The minimum atomic E-state index is -0.453. The number of halogens is 2. The van der Waals surface area contributed by atoms with E-state index in [1.807, 2.05) is 24.3 Å². The van der Waals surface area contributed by atoms with Crippen LogP contribution in [-0.4, -0.2) is 36.4 Å². The van der Waals surface area contributed by atoms with E-state index >= 15 is 0 Å². The lowest BCUT2D eigenvalue weighted by Crippen LogP contribution is -2.32. The van der Waals surface area contributed by atoms with E-state index in [1.165, 1.54) is 0 Å². The van der Waals surface area contributed by atoms with E-state index in [2.05, 4.69) is 25.6 Å². The molecule has 0 saturated heterocycles. The third kappa shape index (κ3) is 6.00. The number of aromatic nitrogens is 2. The van der Waals surface area contributed by atoms with Gasteiger partial charge in [0, 0.05) is 40.8 Å². The van der Waals surface area contributed by atoms with Crippen molar-refractivity contribution in [3.05, 3.63) is 63.3 Å². The third-order valence-corrected chi connectivity index (χ3v) is 4.89. The molecule has 0 atom stereocenters. The maximum atomic E-state index is 11.9. The normalized spacial score (nSPS) is 10.7. The quantitative estimate of drug-likeness (QED) is 0.390. The second kappa shape index (κ2) is 10.9. The van der Waals surface area contributed by atoms with Gasteiger partial charge in [-0.15, -0.1) is 0 Å². The summed E-state index contributed by atoms with van der Waals surface area (Å²) in [7, 11) is 1.58. The molecule has 0 aliphatic rings. The maximum Gasteiger partial charge on any atom is 0.277 e. The number of hydrogen-bond acceptors (Lipinski definition) is 8. The van der Waals surface area contributed by atoms with Crippen LogP contribution in [0.3, 0.4) is 0 Å². The molecule has 11 heteroatoms. The topological polar surface area (TPSA) is 125 Å². The molecule has 2 aromatic carbocycles. The first-order chi connectivity index (χ1) is 15.0. The fourth-order valence-corrected chi connectivity index (χ4v) is 3.20. The molecule has 1 amide bonds. The number of hydrogen-bond donors (Lipinski definition) is 3. The van der Waals surface area contributed by atoms with Crippen molar-refractivity contribution in [3.63, 3.8) is 0 Å². The summed E-state index contributed by atoms with van der Waals surface area (Å²) >= 11 is 12.2. The third-order valence-electron chi connectivity index (χ3n) is 4.30. The SMILES string of the molecule is COc1cccc(CNCCNC(=O)c2nonc2N)c1OCc1ccc(Cl)cc1Cl. The van der Waals surface area contributed by atoms with Gasteiger partial charge in [-0.3, -0.25) is 4.79 Å². The molecule has 0 saturated carbocycles. The van der Waals surface area contributed by atoms with Gasteiger partial charge in [-0.05, 0) is 28.5 Å². The average Bonchev–Trinajstić information content (AvgIpc) is 3.19. The van der Waals surface area contributed by atoms with Gasteiger partial charge < -0.3 is 25.8 Å². The van der Waals surface area contributed by atoms with Crippen molar-refractivity contribution < 1.29 is 18.9 Å². The first kappa shape index (κ1) is 22.7. The van der Waals surface area contributed by atoms with Gasteiger partial charge in [-0.2, -0.15) is 0 Å². The number of para-hydroxylation sites is 1. The Hall–Kier alpha value is -3.01. The highest BCUT2D eigenvalue weighted by molar-refractivity contribution is 6.35. The molecule has 31 heavy (non-hydrogen) atoms. The summed E-state index contributed by atoms with van der Waals surface area (Å²) < 4.78 is 15.9. The van der Waals surface area contributed by atoms with E-state index in [1.54, 1.807) is 19.2 Å². The van der Waals surface area contributed by atoms with E-state index in [4.69, 9.17) is 38.4 Å². The van der Waals surface area contributed by atoms with Gasteiger partial charge in [0.1, 0.15) is 6.61 Å². The second-order valence-electron chi connectivity index (χ2n) is 6.40. The number of nitrogens with zero attached hydrogens (tertiary/aromatic N) is 2. The summed E-state index contributed by atoms with van der Waals surface area (Å²) in [6, 6.07) is 10.9. The van der Waals surface area contributed by atoms with Gasteiger partial charge in [0.2, 0.25) is 11.5 Å². The number of carbonyl (C=O) groups excluding carboxylic acids is 1. The minimum Gasteiger partial charge on any atom is -0.493 e. The first-order valence-electron chi connectivity index (χ1n) is 9.29. The lowest BCUT2D eigenvalue weighted by atomic mass is 10.1. The fourth-order valence-electron chi connectivity index (χ4n) is 2.74. The van der Waals surface area contributed by atoms with Crippen molar-refractivity contribution in [3.8, 4) is 11.5 Å². The number of ether oxygens (including phenoxy) is 2. The highest BCUT2D eigenvalue weighted by atomic mass is 35.5. The Bertz CT molecular complexity index is 1040. The summed E-state index contributed by atoms with van der Waals surface area (Å²) in [6.45, 7) is 1.60. The molecular weight excluding hydrogens is 445 g/mol. The van der Waals surface area contributed by atoms with Crippen molar-refractivity contribution in [2.75, 3.05) is 25.9 Å². The number of amides is 1. The summed E-state index contributed by atoms with van der Waals surface area (Å²) in [5, 5.41) is 13.8. The molecule has 3 aromatic rings. The van der Waals surface area contributed by atoms with E-state index in [0.717, 1.165) is 11.1 Å². The summed E-state index contributed by atoms with van der Waals surface area (Å²) in [5.41, 5.74) is 7.15. The van der Waals surface area contributed by atoms with Crippen LogP contribution in [0.2, 0.25) is 10.0 Å². The van der Waals surface area contributed by atoms with E-state index < -0.39 is 5.91 Å². The van der Waals surface area contributed by atoms with Crippen LogP contribution in [0.25, 0.3) is 0 Å². The largest absolute Gasteiger partial charge is 0.493 e. The number of nitrogens with two attached hydrogens (primary N) is 1. The molecule has 0 aliphatic heterocycles. The first-order valence-corrected chi connectivity index (χ1v) is 10.0. The van der Waals surface area contributed by atoms with Gasteiger partial charge in [0.15, 0.2) is 11.5 Å². The van der Waals surface area contributed by atoms with Gasteiger partial charge in [0.05, 0.1) is 7.11 Å². The Kier molecular flexibility index (Phi) is 7.94. The zero-order chi connectivity index (χ0) is 22.2. The molecule has 9 nitrogen and oxygen atoms in total. The van der Waals surface area contributed by atoms with Crippen LogP contribution in [0.15, 0.2) is 41.0 Å². The highest BCUT2D eigenvalue weighted by Crippen LogP contribution is 2.32. The van der Waals surface area contributed by atoms with Gasteiger partial charge >= 0.3 is 0 Å². The maximum absolute atomic E-state index is 11.9. The number of carbonyl (C=O) groups is 1. The average molecular weight is 466 g/mol. The van der Waals surface area contributed by atoms with Crippen molar-refractivity contribution in [2.24, 2.45) is 0 Å². The Balaban J connectivity index is 1.56. The number of rotatable bonds is 10. The van der Waals surface area contributed by atoms with Crippen LogP contribution < -0.4 is 25.8 Å². The molecule has 4 N–H and O–H groups in total.